The van der Waals surface area contributed by atoms with Crippen molar-refractivity contribution < 1.29 is 14.7 Å². The van der Waals surface area contributed by atoms with E-state index in [0.29, 0.717) is 15.7 Å². The molecule has 2 rings (SSSR count). The van der Waals surface area contributed by atoms with E-state index < -0.39 is 11.9 Å². The van der Waals surface area contributed by atoms with Gasteiger partial charge in [-0.25, -0.2) is 0 Å². The van der Waals surface area contributed by atoms with Crippen LogP contribution in [0.15, 0.2) is 18.2 Å². The van der Waals surface area contributed by atoms with Gasteiger partial charge < -0.3 is 10.0 Å². The van der Waals surface area contributed by atoms with E-state index in [1.54, 1.807) is 18.2 Å². The minimum absolute atomic E-state index is 0.00181. The van der Waals surface area contributed by atoms with E-state index in [4.69, 9.17) is 28.3 Å². The molecule has 1 N–H and O–H groups in total. The molecule has 1 aliphatic rings. The summed E-state index contributed by atoms with van der Waals surface area (Å²) in [6.45, 7) is 0.133. The number of amides is 1. The van der Waals surface area contributed by atoms with Crippen molar-refractivity contribution in [2.45, 2.75) is 6.42 Å². The summed E-state index contributed by atoms with van der Waals surface area (Å²) in [6.07, 6.45) is -0.00181. The van der Waals surface area contributed by atoms with Crippen molar-refractivity contribution in [2.75, 3.05) is 11.4 Å². The molecule has 0 aliphatic carbocycles. The highest BCUT2D eigenvalue weighted by molar-refractivity contribution is 6.35. The number of carbonyl (C=O) groups is 2. The molecule has 1 aromatic rings. The highest BCUT2D eigenvalue weighted by Gasteiger charge is 2.35. The van der Waals surface area contributed by atoms with Gasteiger partial charge in [-0.05, 0) is 18.2 Å². The number of nitrogens with zero attached hydrogens (tertiary/aromatic N) is 1. The minimum atomic E-state index is -0.973. The van der Waals surface area contributed by atoms with Gasteiger partial charge in [0, 0.05) is 18.0 Å². The second-order valence-corrected chi connectivity index (χ2v) is 4.68. The molecule has 0 saturated carbocycles. The Labute approximate surface area is 108 Å². The molecule has 4 nitrogen and oxygen atoms in total. The smallest absolute Gasteiger partial charge is 0.308 e. The lowest BCUT2D eigenvalue weighted by Gasteiger charge is -2.17. The summed E-state index contributed by atoms with van der Waals surface area (Å²) in [7, 11) is 0. The van der Waals surface area contributed by atoms with Gasteiger partial charge in [0.05, 0.1) is 16.6 Å². The van der Waals surface area contributed by atoms with Gasteiger partial charge >= 0.3 is 5.97 Å². The highest BCUT2D eigenvalue weighted by atomic mass is 35.5. The molecule has 90 valence electrons. The first-order valence-electron chi connectivity index (χ1n) is 4.97. The third kappa shape index (κ3) is 2.37. The SMILES string of the molecule is O=C(O)[C@H]1CC(=O)N(c2cc(Cl)ccc2Cl)C1. The standard InChI is InChI=1S/C11H9Cl2NO3/c12-7-1-2-8(13)9(4-7)14-5-6(11(16)17)3-10(14)15/h1-2,4,6H,3,5H2,(H,16,17)/t6-/m0/s1. The Hall–Kier alpha value is -1.26. The fraction of sp³-hybridized carbons (Fsp3) is 0.273. The minimum Gasteiger partial charge on any atom is -0.481 e. The van der Waals surface area contributed by atoms with Crippen LogP contribution in [0, 0.1) is 5.92 Å². The van der Waals surface area contributed by atoms with Crippen LogP contribution in [0.1, 0.15) is 6.42 Å². The maximum atomic E-state index is 11.7. The molecule has 1 heterocycles. The number of hydrogen-bond acceptors (Lipinski definition) is 2. The summed E-state index contributed by atoms with van der Waals surface area (Å²) >= 11 is 11.8. The zero-order chi connectivity index (χ0) is 12.6. The van der Waals surface area contributed by atoms with Crippen molar-refractivity contribution in [3.8, 4) is 0 Å². The van der Waals surface area contributed by atoms with Crippen molar-refractivity contribution in [1.29, 1.82) is 0 Å². The first-order valence-corrected chi connectivity index (χ1v) is 5.73. The van der Waals surface area contributed by atoms with E-state index in [9.17, 15) is 9.59 Å². The number of halogens is 2. The topological polar surface area (TPSA) is 57.6 Å². The lowest BCUT2D eigenvalue weighted by molar-refractivity contribution is -0.141. The van der Waals surface area contributed by atoms with Crippen LogP contribution in [-0.2, 0) is 9.59 Å². The van der Waals surface area contributed by atoms with E-state index in [-0.39, 0.29) is 18.9 Å². The van der Waals surface area contributed by atoms with Gasteiger partial charge in [0.1, 0.15) is 0 Å². The second kappa shape index (κ2) is 4.55. The van der Waals surface area contributed by atoms with E-state index in [2.05, 4.69) is 0 Å². The number of hydrogen-bond donors (Lipinski definition) is 1. The fourth-order valence-electron chi connectivity index (χ4n) is 1.80. The monoisotopic (exact) mass is 273 g/mol. The van der Waals surface area contributed by atoms with Gasteiger partial charge in [-0.1, -0.05) is 23.2 Å². The lowest BCUT2D eigenvalue weighted by atomic mass is 10.1. The van der Waals surface area contributed by atoms with Crippen LogP contribution >= 0.6 is 23.2 Å². The van der Waals surface area contributed by atoms with E-state index in [0.717, 1.165) is 0 Å². The quantitative estimate of drug-likeness (QED) is 0.901. The van der Waals surface area contributed by atoms with E-state index >= 15 is 0 Å². The summed E-state index contributed by atoms with van der Waals surface area (Å²) < 4.78 is 0. The summed E-state index contributed by atoms with van der Waals surface area (Å²) in [5.74, 6) is -1.90. The normalized spacial score (nSPS) is 19.8. The molecule has 1 fully saturated rings. The molecule has 1 aromatic carbocycles. The molecule has 1 atom stereocenters. The van der Waals surface area contributed by atoms with Crippen LogP contribution in [0.2, 0.25) is 10.0 Å². The molecule has 17 heavy (non-hydrogen) atoms. The Morgan fingerprint density at radius 1 is 1.41 bits per heavy atom. The number of benzene rings is 1. The average molecular weight is 274 g/mol. The number of carbonyl (C=O) groups excluding carboxylic acids is 1. The average Bonchev–Trinajstić information content (AvgIpc) is 2.64. The Balaban J connectivity index is 2.32. The Morgan fingerprint density at radius 3 is 2.71 bits per heavy atom. The predicted molar refractivity (Wildman–Crippen MR) is 64.6 cm³/mol. The molecular formula is C11H9Cl2NO3. The molecule has 1 aliphatic heterocycles. The molecule has 0 bridgehead atoms. The van der Waals surface area contributed by atoms with Crippen LogP contribution in [-0.4, -0.2) is 23.5 Å². The van der Waals surface area contributed by atoms with Crippen molar-refractivity contribution in [3.63, 3.8) is 0 Å². The zero-order valence-electron chi connectivity index (χ0n) is 8.69. The Kier molecular flexibility index (Phi) is 3.26. The van der Waals surface area contributed by atoms with Crippen LogP contribution in [0.5, 0.6) is 0 Å². The third-order valence-corrected chi connectivity index (χ3v) is 3.23. The van der Waals surface area contributed by atoms with Crippen molar-refractivity contribution in [3.05, 3.63) is 28.2 Å². The molecule has 0 radical (unpaired) electrons. The molecule has 0 aromatic heterocycles. The lowest BCUT2D eigenvalue weighted by Crippen LogP contribution is -2.26. The molecule has 6 heteroatoms. The molecule has 0 unspecified atom stereocenters. The van der Waals surface area contributed by atoms with Crippen molar-refractivity contribution in [1.82, 2.24) is 0 Å². The fourth-order valence-corrected chi connectivity index (χ4v) is 2.18. The largest absolute Gasteiger partial charge is 0.481 e. The first-order chi connectivity index (χ1) is 7.99. The zero-order valence-corrected chi connectivity index (χ0v) is 10.2. The van der Waals surface area contributed by atoms with Gasteiger partial charge in [0.15, 0.2) is 0 Å². The number of carboxylic acid groups (broad SMARTS) is 1. The summed E-state index contributed by atoms with van der Waals surface area (Å²) in [5.41, 5.74) is 0.466. The van der Waals surface area contributed by atoms with Crippen molar-refractivity contribution >= 4 is 40.8 Å². The van der Waals surface area contributed by atoms with Gasteiger partial charge in [0.2, 0.25) is 5.91 Å². The summed E-state index contributed by atoms with van der Waals surface area (Å²) in [5, 5.41) is 9.72. The van der Waals surface area contributed by atoms with Gasteiger partial charge in [-0.15, -0.1) is 0 Å². The van der Waals surface area contributed by atoms with Crippen LogP contribution < -0.4 is 4.90 Å². The van der Waals surface area contributed by atoms with E-state index in [1.807, 2.05) is 0 Å². The maximum Gasteiger partial charge on any atom is 0.308 e. The van der Waals surface area contributed by atoms with Crippen LogP contribution in [0.25, 0.3) is 0 Å². The maximum absolute atomic E-state index is 11.7. The highest BCUT2D eigenvalue weighted by Crippen LogP contribution is 2.33. The van der Waals surface area contributed by atoms with E-state index in [1.165, 1.54) is 4.90 Å². The van der Waals surface area contributed by atoms with Crippen LogP contribution in [0.3, 0.4) is 0 Å². The van der Waals surface area contributed by atoms with Gasteiger partial charge in [-0.3, -0.25) is 9.59 Å². The third-order valence-electron chi connectivity index (χ3n) is 2.67. The molecule has 1 saturated heterocycles. The molecule has 0 spiro atoms. The number of aliphatic carboxylic acids is 1. The first kappa shape index (κ1) is 12.2. The Bertz CT molecular complexity index is 490. The number of anilines is 1. The molecule has 1 amide bonds. The second-order valence-electron chi connectivity index (χ2n) is 3.84. The molecular weight excluding hydrogens is 265 g/mol. The van der Waals surface area contributed by atoms with Crippen molar-refractivity contribution in [2.24, 2.45) is 5.92 Å². The van der Waals surface area contributed by atoms with Crippen LogP contribution in [0.4, 0.5) is 5.69 Å². The predicted octanol–water partition coefficient (Wildman–Crippen LogP) is 2.43. The van der Waals surface area contributed by atoms with Gasteiger partial charge in [0.25, 0.3) is 0 Å². The number of carboxylic acids is 1. The van der Waals surface area contributed by atoms with Gasteiger partial charge in [-0.2, -0.15) is 0 Å². The summed E-state index contributed by atoms with van der Waals surface area (Å²) in [6, 6.07) is 4.76. The Morgan fingerprint density at radius 2 is 2.12 bits per heavy atom. The number of rotatable bonds is 2. The summed E-state index contributed by atoms with van der Waals surface area (Å²) in [4.78, 5) is 23.9.